The van der Waals surface area contributed by atoms with Gasteiger partial charge in [-0.25, -0.2) is 0 Å². The van der Waals surface area contributed by atoms with Crippen LogP contribution < -0.4 is 14.8 Å². The van der Waals surface area contributed by atoms with E-state index < -0.39 is 0 Å². The topological polar surface area (TPSA) is 102 Å². The summed E-state index contributed by atoms with van der Waals surface area (Å²) in [5.74, 6) is 0.0227. The lowest BCUT2D eigenvalue weighted by atomic mass is 10.1. The SMILES string of the molecule is COc1ccc(C(=O)CCC(=O)NCCN2C(=O)SC(=Cc3ccccc3)C2=O)cc1OC. The van der Waals surface area contributed by atoms with Crippen LogP contribution in [0, 0.1) is 0 Å². The predicted octanol–water partition coefficient (Wildman–Crippen LogP) is 3.52. The van der Waals surface area contributed by atoms with E-state index >= 15 is 0 Å². The fourth-order valence-corrected chi connectivity index (χ4v) is 4.04. The highest BCUT2D eigenvalue weighted by atomic mass is 32.2. The van der Waals surface area contributed by atoms with Gasteiger partial charge in [-0.1, -0.05) is 30.3 Å². The summed E-state index contributed by atoms with van der Waals surface area (Å²) >= 11 is 0.875. The molecule has 3 amide bonds. The van der Waals surface area contributed by atoms with E-state index in [2.05, 4.69) is 5.32 Å². The minimum atomic E-state index is -0.383. The van der Waals surface area contributed by atoms with Crippen molar-refractivity contribution in [2.45, 2.75) is 12.8 Å². The molecule has 0 aromatic heterocycles. The molecule has 1 aliphatic rings. The van der Waals surface area contributed by atoms with Crippen LogP contribution in [0.25, 0.3) is 6.08 Å². The molecule has 33 heavy (non-hydrogen) atoms. The van der Waals surface area contributed by atoms with Crippen LogP contribution in [-0.2, 0) is 9.59 Å². The summed E-state index contributed by atoms with van der Waals surface area (Å²) in [6, 6.07) is 14.1. The Balaban J connectivity index is 1.46. The first kappa shape index (κ1) is 24.1. The Hall–Kier alpha value is -3.59. The van der Waals surface area contributed by atoms with Crippen molar-refractivity contribution in [2.24, 2.45) is 0 Å². The van der Waals surface area contributed by atoms with E-state index in [1.165, 1.54) is 14.2 Å². The molecule has 9 heteroatoms. The number of rotatable bonds is 10. The second kappa shape index (κ2) is 11.3. The molecule has 0 aliphatic carbocycles. The van der Waals surface area contributed by atoms with Crippen LogP contribution in [0.1, 0.15) is 28.8 Å². The summed E-state index contributed by atoms with van der Waals surface area (Å²) < 4.78 is 10.3. The summed E-state index contributed by atoms with van der Waals surface area (Å²) in [6.45, 7) is 0.173. The Morgan fingerprint density at radius 3 is 2.42 bits per heavy atom. The maximum Gasteiger partial charge on any atom is 0.293 e. The van der Waals surface area contributed by atoms with Gasteiger partial charge in [-0.3, -0.25) is 24.1 Å². The Kier molecular flexibility index (Phi) is 8.26. The van der Waals surface area contributed by atoms with Crippen LogP contribution in [0.15, 0.2) is 53.4 Å². The Morgan fingerprint density at radius 2 is 1.73 bits per heavy atom. The zero-order valence-electron chi connectivity index (χ0n) is 18.3. The van der Waals surface area contributed by atoms with Crippen molar-refractivity contribution in [3.8, 4) is 11.5 Å². The van der Waals surface area contributed by atoms with Crippen LogP contribution >= 0.6 is 11.8 Å². The molecule has 1 heterocycles. The molecule has 2 aromatic rings. The first-order valence-corrected chi connectivity index (χ1v) is 11.1. The number of amides is 3. The number of nitrogens with zero attached hydrogens (tertiary/aromatic N) is 1. The van der Waals surface area contributed by atoms with Gasteiger partial charge in [0.05, 0.1) is 19.1 Å². The molecule has 3 rings (SSSR count). The summed E-state index contributed by atoms with van der Waals surface area (Å²) in [7, 11) is 2.99. The van der Waals surface area contributed by atoms with E-state index in [1.807, 2.05) is 30.3 Å². The van der Waals surface area contributed by atoms with Gasteiger partial charge in [-0.15, -0.1) is 0 Å². The fourth-order valence-electron chi connectivity index (χ4n) is 3.17. The number of hydrogen-bond acceptors (Lipinski definition) is 7. The van der Waals surface area contributed by atoms with Gasteiger partial charge in [-0.2, -0.15) is 0 Å². The molecule has 2 aromatic carbocycles. The molecule has 1 N–H and O–H groups in total. The van der Waals surface area contributed by atoms with Gasteiger partial charge < -0.3 is 14.8 Å². The van der Waals surface area contributed by atoms with E-state index in [-0.39, 0.29) is 48.8 Å². The molecule has 1 saturated heterocycles. The van der Waals surface area contributed by atoms with E-state index in [0.29, 0.717) is 22.0 Å². The molecule has 0 saturated carbocycles. The highest BCUT2D eigenvalue weighted by Crippen LogP contribution is 2.32. The second-order valence-corrected chi connectivity index (χ2v) is 8.08. The van der Waals surface area contributed by atoms with Crippen LogP contribution in [0.3, 0.4) is 0 Å². The van der Waals surface area contributed by atoms with Crippen LogP contribution in [0.2, 0.25) is 0 Å². The lowest BCUT2D eigenvalue weighted by molar-refractivity contribution is -0.124. The fraction of sp³-hybridized carbons (Fsp3) is 0.250. The monoisotopic (exact) mass is 468 g/mol. The smallest absolute Gasteiger partial charge is 0.293 e. The number of imide groups is 1. The normalized spacial score (nSPS) is 14.5. The minimum Gasteiger partial charge on any atom is -0.493 e. The van der Waals surface area contributed by atoms with Crippen LogP contribution in [-0.4, -0.2) is 55.0 Å². The third-order valence-corrected chi connectivity index (χ3v) is 5.82. The Labute approximate surface area is 195 Å². The van der Waals surface area contributed by atoms with Gasteiger partial charge in [0, 0.05) is 31.5 Å². The number of nitrogens with one attached hydrogen (secondary N) is 1. The molecule has 0 bridgehead atoms. The number of hydrogen-bond donors (Lipinski definition) is 1. The van der Waals surface area contributed by atoms with Gasteiger partial charge in [-0.05, 0) is 41.6 Å². The molecule has 0 unspecified atom stereocenters. The quantitative estimate of drug-likeness (QED) is 0.420. The largest absolute Gasteiger partial charge is 0.493 e. The lowest BCUT2D eigenvalue weighted by Crippen LogP contribution is -2.37. The number of ketones is 1. The van der Waals surface area contributed by atoms with E-state index in [0.717, 1.165) is 22.2 Å². The summed E-state index contributed by atoms with van der Waals surface area (Å²) in [4.78, 5) is 50.7. The zero-order valence-corrected chi connectivity index (χ0v) is 19.1. The van der Waals surface area contributed by atoms with Gasteiger partial charge in [0.15, 0.2) is 17.3 Å². The maximum absolute atomic E-state index is 12.5. The molecule has 0 spiro atoms. The van der Waals surface area contributed by atoms with Gasteiger partial charge in [0.25, 0.3) is 11.1 Å². The van der Waals surface area contributed by atoms with Gasteiger partial charge >= 0.3 is 0 Å². The van der Waals surface area contributed by atoms with Crippen molar-refractivity contribution >= 4 is 40.7 Å². The van der Waals surface area contributed by atoms with Crippen molar-refractivity contribution < 1.29 is 28.7 Å². The number of carbonyl (C=O) groups is 4. The van der Waals surface area contributed by atoms with Crippen molar-refractivity contribution in [2.75, 3.05) is 27.3 Å². The van der Waals surface area contributed by atoms with Crippen molar-refractivity contribution in [1.82, 2.24) is 10.2 Å². The molecule has 0 atom stereocenters. The van der Waals surface area contributed by atoms with Gasteiger partial charge in [0.1, 0.15) is 0 Å². The number of ether oxygens (including phenoxy) is 2. The first-order valence-electron chi connectivity index (χ1n) is 10.2. The zero-order chi connectivity index (χ0) is 23.8. The van der Waals surface area contributed by atoms with Crippen LogP contribution in [0.4, 0.5) is 4.79 Å². The molecule has 172 valence electrons. The second-order valence-electron chi connectivity index (χ2n) is 7.09. The minimum absolute atomic E-state index is 0.0109. The summed E-state index contributed by atoms with van der Waals surface area (Å²) in [5, 5.41) is 2.28. The maximum atomic E-state index is 12.5. The highest BCUT2D eigenvalue weighted by molar-refractivity contribution is 8.18. The lowest BCUT2D eigenvalue weighted by Gasteiger charge is -2.13. The Bertz CT molecular complexity index is 1080. The molecule has 0 radical (unpaired) electrons. The molecule has 1 fully saturated rings. The average Bonchev–Trinajstić information content (AvgIpc) is 3.09. The number of benzene rings is 2. The van der Waals surface area contributed by atoms with Crippen molar-refractivity contribution in [1.29, 1.82) is 0 Å². The third-order valence-electron chi connectivity index (χ3n) is 4.91. The Morgan fingerprint density at radius 1 is 1.00 bits per heavy atom. The number of methoxy groups -OCH3 is 2. The molecule has 1 aliphatic heterocycles. The third kappa shape index (κ3) is 6.23. The summed E-state index contributed by atoms with van der Waals surface area (Å²) in [6.07, 6.45) is 1.68. The summed E-state index contributed by atoms with van der Waals surface area (Å²) in [5.41, 5.74) is 1.25. The van der Waals surface area contributed by atoms with E-state index in [1.54, 1.807) is 24.3 Å². The van der Waals surface area contributed by atoms with E-state index in [4.69, 9.17) is 9.47 Å². The standard InChI is InChI=1S/C24H24N2O6S/c1-31-19-10-8-17(15-20(19)32-2)18(27)9-11-22(28)25-12-13-26-23(29)21(33-24(26)30)14-16-6-4-3-5-7-16/h3-8,10,14-15H,9,11-13H2,1-2H3,(H,25,28). The predicted molar refractivity (Wildman–Crippen MR) is 125 cm³/mol. The number of thioether (sulfide) groups is 1. The van der Waals surface area contributed by atoms with Gasteiger partial charge in [0.2, 0.25) is 5.91 Å². The van der Waals surface area contributed by atoms with Crippen molar-refractivity contribution in [3.05, 3.63) is 64.6 Å². The van der Waals surface area contributed by atoms with Crippen LogP contribution in [0.5, 0.6) is 11.5 Å². The first-order chi connectivity index (χ1) is 15.9. The number of carbonyl (C=O) groups excluding carboxylic acids is 4. The highest BCUT2D eigenvalue weighted by Gasteiger charge is 2.34. The number of Topliss-reactive ketones (excluding diaryl/α,β-unsaturated/α-hetero) is 1. The van der Waals surface area contributed by atoms with Crippen molar-refractivity contribution in [3.63, 3.8) is 0 Å². The molecular formula is C24H24N2O6S. The molecular weight excluding hydrogens is 444 g/mol. The average molecular weight is 469 g/mol. The van der Waals surface area contributed by atoms with E-state index in [9.17, 15) is 19.2 Å². The molecule has 8 nitrogen and oxygen atoms in total.